The Kier molecular flexibility index (Phi) is 7.65. The first-order valence-corrected chi connectivity index (χ1v) is 8.57. The summed E-state index contributed by atoms with van der Waals surface area (Å²) >= 11 is 0. The molecule has 4 heteroatoms. The minimum Gasteiger partial charge on any atom is -0.484 e. The van der Waals surface area contributed by atoms with Crippen LogP contribution in [0.4, 0.5) is 0 Å². The second-order valence-electron chi connectivity index (χ2n) is 8.19. The van der Waals surface area contributed by atoms with Crippen LogP contribution in [0.5, 0.6) is 11.5 Å². The Morgan fingerprint density at radius 2 is 0.909 bits per heavy atom. The summed E-state index contributed by atoms with van der Waals surface area (Å²) in [5, 5.41) is 0. The van der Waals surface area contributed by atoms with Gasteiger partial charge in [0.1, 0.15) is 21.7 Å². The monoisotopic (exact) mass is 326 g/mol. The third-order valence-corrected chi connectivity index (χ3v) is 3.52. The molecular weight excluding hydrogens is 292 g/mol. The molecule has 1 rings (SSSR count). The zero-order valence-electron chi connectivity index (χ0n) is 16.0. The van der Waals surface area contributed by atoms with Gasteiger partial charge in [-0.25, -0.2) is 0 Å². The summed E-state index contributed by atoms with van der Waals surface area (Å²) in [4.78, 5) is 0. The smallest absolute Gasteiger partial charge is 0.161 e. The molecule has 0 bridgehead atoms. The van der Waals surface area contributed by atoms with E-state index >= 15 is 0 Å². The van der Waals surface area contributed by atoms with Gasteiger partial charge in [-0.2, -0.15) is 0 Å². The average molecular weight is 327 g/mol. The predicted octanol–water partition coefficient (Wildman–Crippen LogP) is 4.12. The highest BCUT2D eigenvalue weighted by Crippen LogP contribution is 2.32. The lowest BCUT2D eigenvalue weighted by molar-refractivity contribution is 0.0958. The quantitative estimate of drug-likeness (QED) is 0.765. The normalized spacial score (nSPS) is 12.4. The lowest BCUT2D eigenvalue weighted by atomic mass is 10.1. The van der Waals surface area contributed by atoms with Gasteiger partial charge in [-0.15, -0.1) is 0 Å². The fraction of sp³-hybridized carbons (Fsp3) is 0.667. The Hall–Kier alpha value is -1.00. The maximum Gasteiger partial charge on any atom is 0.161 e. The molecule has 0 aliphatic carbocycles. The van der Waals surface area contributed by atoms with Crippen LogP contribution in [0.3, 0.4) is 0 Å². The third-order valence-electron chi connectivity index (χ3n) is 2.29. The molecule has 0 amide bonds. The van der Waals surface area contributed by atoms with Crippen molar-refractivity contribution in [3.63, 3.8) is 0 Å². The van der Waals surface area contributed by atoms with Gasteiger partial charge in [0.15, 0.2) is 11.5 Å². The van der Waals surface area contributed by atoms with Crippen LogP contribution in [0.15, 0.2) is 24.3 Å². The number of benzene rings is 1. The van der Waals surface area contributed by atoms with Crippen LogP contribution in [-0.2, 0) is 4.43 Å². The van der Waals surface area contributed by atoms with E-state index in [1.54, 1.807) is 0 Å². The van der Waals surface area contributed by atoms with E-state index in [1.807, 2.05) is 65.8 Å². The molecular formula is C18H34O3Si. The Balaban J connectivity index is 0.000000626. The minimum absolute atomic E-state index is 0.103. The van der Waals surface area contributed by atoms with Gasteiger partial charge in [-0.1, -0.05) is 12.1 Å². The first-order valence-electron chi connectivity index (χ1n) is 7.76. The molecule has 0 saturated carbocycles. The summed E-state index contributed by atoms with van der Waals surface area (Å²) in [7, 11) is 0.848. The van der Waals surface area contributed by atoms with Gasteiger partial charge in [0.05, 0.1) is 0 Å². The predicted molar refractivity (Wildman–Crippen MR) is 98.0 cm³/mol. The Labute approximate surface area is 139 Å². The van der Waals surface area contributed by atoms with Crippen LogP contribution in [0.2, 0.25) is 0 Å². The van der Waals surface area contributed by atoms with Gasteiger partial charge >= 0.3 is 0 Å². The molecule has 0 spiro atoms. The van der Waals surface area contributed by atoms with E-state index in [4.69, 9.17) is 13.9 Å². The number of hydrogen-bond donors (Lipinski definition) is 0. The van der Waals surface area contributed by atoms with Crippen molar-refractivity contribution in [2.45, 2.75) is 79.1 Å². The molecule has 1 aromatic carbocycles. The molecule has 0 unspecified atom stereocenters. The number of hydrogen-bond acceptors (Lipinski definition) is 3. The Bertz CT molecular complexity index is 402. The average Bonchev–Trinajstić information content (AvgIpc) is 2.28. The summed E-state index contributed by atoms with van der Waals surface area (Å²) in [6.07, 6.45) is 0. The maximum atomic E-state index is 5.85. The number of para-hydroxylation sites is 2. The van der Waals surface area contributed by atoms with Crippen LogP contribution in [-0.4, -0.2) is 27.3 Å². The molecule has 0 aromatic heterocycles. The van der Waals surface area contributed by atoms with Crippen molar-refractivity contribution in [2.75, 3.05) is 0 Å². The zero-order chi connectivity index (χ0) is 17.6. The first kappa shape index (κ1) is 21.0. The van der Waals surface area contributed by atoms with Gasteiger partial charge in [-0.3, -0.25) is 0 Å². The van der Waals surface area contributed by atoms with Crippen molar-refractivity contribution < 1.29 is 13.9 Å². The Morgan fingerprint density at radius 1 is 0.636 bits per heavy atom. The highest BCUT2D eigenvalue weighted by atomic mass is 28.2. The molecule has 0 N–H and O–H groups in total. The third kappa shape index (κ3) is 11.6. The van der Waals surface area contributed by atoms with Crippen molar-refractivity contribution in [3.05, 3.63) is 24.3 Å². The van der Waals surface area contributed by atoms with Crippen molar-refractivity contribution in [2.24, 2.45) is 0 Å². The van der Waals surface area contributed by atoms with E-state index in [9.17, 15) is 0 Å². The topological polar surface area (TPSA) is 27.7 Å². The summed E-state index contributed by atoms with van der Waals surface area (Å²) in [5.41, 5.74) is -0.319. The minimum atomic E-state index is -0.211. The second kappa shape index (κ2) is 8.02. The summed E-state index contributed by atoms with van der Waals surface area (Å²) in [6, 6.07) is 7.78. The van der Waals surface area contributed by atoms with Crippen LogP contribution in [0.1, 0.15) is 62.3 Å². The van der Waals surface area contributed by atoms with Crippen molar-refractivity contribution in [1.82, 2.24) is 0 Å². The van der Waals surface area contributed by atoms with E-state index in [1.165, 1.54) is 0 Å². The Morgan fingerprint density at radius 3 is 1.09 bits per heavy atom. The fourth-order valence-corrected chi connectivity index (χ4v) is 1.28. The van der Waals surface area contributed by atoms with Crippen LogP contribution in [0.25, 0.3) is 0 Å². The fourth-order valence-electron chi connectivity index (χ4n) is 1.28. The highest BCUT2D eigenvalue weighted by molar-refractivity contribution is 5.98. The molecule has 0 aliphatic heterocycles. The summed E-state index contributed by atoms with van der Waals surface area (Å²) < 4.78 is 16.8. The molecule has 0 atom stereocenters. The van der Waals surface area contributed by atoms with Crippen molar-refractivity contribution in [3.8, 4) is 11.5 Å². The van der Waals surface area contributed by atoms with Gasteiger partial charge in [0.25, 0.3) is 0 Å². The lowest BCUT2D eigenvalue weighted by Crippen LogP contribution is -2.26. The zero-order valence-corrected chi connectivity index (χ0v) is 18.0. The van der Waals surface area contributed by atoms with Crippen LogP contribution in [0, 0.1) is 0 Å². The molecule has 0 saturated heterocycles. The molecule has 0 heterocycles. The standard InChI is InChI=1S/C14H22O2.C4H12OSi/c1-13(2,3)15-11-9-7-8-10-12(11)16-14(4,5)6;1-4(2,3)5-6/h7-10H,1-6H3;1-3,6H3. The summed E-state index contributed by atoms with van der Waals surface area (Å²) in [5.74, 6) is 1.59. The van der Waals surface area contributed by atoms with Crippen molar-refractivity contribution >= 4 is 10.5 Å². The largest absolute Gasteiger partial charge is 0.484 e. The second-order valence-corrected chi connectivity index (χ2v) is 8.60. The van der Waals surface area contributed by atoms with Crippen molar-refractivity contribution in [1.29, 1.82) is 0 Å². The molecule has 0 aliphatic rings. The number of rotatable bonds is 2. The van der Waals surface area contributed by atoms with Crippen LogP contribution >= 0.6 is 0 Å². The molecule has 3 nitrogen and oxygen atoms in total. The van der Waals surface area contributed by atoms with Gasteiger partial charge in [-0.05, 0) is 74.4 Å². The lowest BCUT2D eigenvalue weighted by Gasteiger charge is -2.27. The molecule has 22 heavy (non-hydrogen) atoms. The summed E-state index contributed by atoms with van der Waals surface area (Å²) in [6.45, 7) is 18.3. The number of ether oxygens (including phenoxy) is 2. The maximum absolute atomic E-state index is 5.85. The first-order chi connectivity index (χ1) is 9.73. The van der Waals surface area contributed by atoms with Gasteiger partial charge in [0.2, 0.25) is 0 Å². The van der Waals surface area contributed by atoms with Gasteiger partial charge < -0.3 is 13.9 Å². The molecule has 128 valence electrons. The van der Waals surface area contributed by atoms with E-state index < -0.39 is 0 Å². The molecule has 1 aromatic rings. The van der Waals surface area contributed by atoms with E-state index in [-0.39, 0.29) is 16.8 Å². The van der Waals surface area contributed by atoms with E-state index in [0.29, 0.717) is 0 Å². The van der Waals surface area contributed by atoms with Gasteiger partial charge in [0, 0.05) is 5.60 Å². The SMILES string of the molecule is CC(C)(C)O[SiH3].CC(C)(C)Oc1ccccc1OC(C)(C)C. The van der Waals surface area contributed by atoms with E-state index in [0.717, 1.165) is 22.0 Å². The van der Waals surface area contributed by atoms with E-state index in [2.05, 4.69) is 20.8 Å². The molecule has 0 radical (unpaired) electrons. The van der Waals surface area contributed by atoms with Crippen LogP contribution < -0.4 is 9.47 Å². The molecule has 0 fully saturated rings. The highest BCUT2D eigenvalue weighted by Gasteiger charge is 2.18.